The predicted molar refractivity (Wildman–Crippen MR) is 76.8 cm³/mol. The number of benzene rings is 1. The fourth-order valence-electron chi connectivity index (χ4n) is 2.04. The van der Waals surface area contributed by atoms with Crippen LogP contribution in [-0.4, -0.2) is 19.1 Å². The molecule has 1 N–H and O–H groups in total. The molecule has 0 radical (unpaired) electrons. The van der Waals surface area contributed by atoms with Crippen LogP contribution in [0, 0.1) is 12.8 Å². The Morgan fingerprint density at radius 3 is 2.84 bits per heavy atom. The summed E-state index contributed by atoms with van der Waals surface area (Å²) in [6, 6.07) is 3.90. The highest BCUT2D eigenvalue weighted by atomic mass is 35.5. The van der Waals surface area contributed by atoms with E-state index in [9.17, 15) is 4.79 Å². The van der Waals surface area contributed by atoms with Crippen molar-refractivity contribution in [1.82, 2.24) is 5.32 Å². The second-order valence-corrected chi connectivity index (χ2v) is 5.36. The maximum Gasteiger partial charge on any atom is 0.223 e. The molecule has 19 heavy (non-hydrogen) atoms. The molecule has 0 atom stereocenters. The van der Waals surface area contributed by atoms with Crippen LogP contribution in [0.3, 0.4) is 0 Å². The minimum absolute atomic E-state index is 0.190. The highest BCUT2D eigenvalue weighted by Crippen LogP contribution is 2.29. The topological polar surface area (TPSA) is 38.3 Å². The van der Waals surface area contributed by atoms with Gasteiger partial charge in [0.1, 0.15) is 5.75 Å². The van der Waals surface area contributed by atoms with Gasteiger partial charge in [-0.1, -0.05) is 11.6 Å². The molecule has 1 amide bonds. The van der Waals surface area contributed by atoms with Crippen molar-refractivity contribution in [3.63, 3.8) is 0 Å². The van der Waals surface area contributed by atoms with Crippen molar-refractivity contribution in [2.45, 2.75) is 33.1 Å². The van der Waals surface area contributed by atoms with Gasteiger partial charge in [0.15, 0.2) is 0 Å². The summed E-state index contributed by atoms with van der Waals surface area (Å²) in [4.78, 5) is 11.5. The molecule has 1 aromatic rings. The van der Waals surface area contributed by atoms with E-state index in [0.717, 1.165) is 36.1 Å². The Hall–Kier alpha value is -1.22. The van der Waals surface area contributed by atoms with Gasteiger partial charge in [-0.2, -0.15) is 0 Å². The standard InChI is InChI=1S/C15H20ClNO2/c1-3-19-14-8-10(2)12(9-13(14)16)6-7-17-15(18)11-4-5-11/h8-9,11H,3-7H2,1-2H3,(H,17,18). The second kappa shape index (κ2) is 6.29. The van der Waals surface area contributed by atoms with E-state index in [4.69, 9.17) is 16.3 Å². The Morgan fingerprint density at radius 2 is 2.21 bits per heavy atom. The summed E-state index contributed by atoms with van der Waals surface area (Å²) >= 11 is 6.17. The number of halogens is 1. The van der Waals surface area contributed by atoms with Crippen LogP contribution in [0.5, 0.6) is 5.75 Å². The fraction of sp³-hybridized carbons (Fsp3) is 0.533. The van der Waals surface area contributed by atoms with E-state index in [2.05, 4.69) is 5.32 Å². The largest absolute Gasteiger partial charge is 0.492 e. The van der Waals surface area contributed by atoms with E-state index < -0.39 is 0 Å². The summed E-state index contributed by atoms with van der Waals surface area (Å²) in [6.07, 6.45) is 2.88. The van der Waals surface area contributed by atoms with Crippen LogP contribution in [0.1, 0.15) is 30.9 Å². The lowest BCUT2D eigenvalue weighted by Gasteiger charge is -2.12. The van der Waals surface area contributed by atoms with Gasteiger partial charge in [-0.15, -0.1) is 0 Å². The molecule has 0 aromatic heterocycles. The predicted octanol–water partition coefficient (Wildman–Crippen LogP) is 3.12. The van der Waals surface area contributed by atoms with Gasteiger partial charge in [0.05, 0.1) is 11.6 Å². The lowest BCUT2D eigenvalue weighted by molar-refractivity contribution is -0.122. The Bertz CT molecular complexity index is 469. The molecular weight excluding hydrogens is 262 g/mol. The number of carbonyl (C=O) groups excluding carboxylic acids is 1. The molecule has 0 bridgehead atoms. The van der Waals surface area contributed by atoms with Crippen LogP contribution in [0.15, 0.2) is 12.1 Å². The summed E-state index contributed by atoms with van der Waals surface area (Å²) < 4.78 is 5.45. The average molecular weight is 282 g/mol. The first kappa shape index (κ1) is 14.2. The van der Waals surface area contributed by atoms with Crippen molar-refractivity contribution >= 4 is 17.5 Å². The normalized spacial score (nSPS) is 14.3. The van der Waals surface area contributed by atoms with Crippen molar-refractivity contribution in [2.75, 3.05) is 13.2 Å². The van der Waals surface area contributed by atoms with Gasteiger partial charge in [0.25, 0.3) is 0 Å². The number of amides is 1. The quantitative estimate of drug-likeness (QED) is 0.870. The molecule has 0 spiro atoms. The summed E-state index contributed by atoms with van der Waals surface area (Å²) in [5.74, 6) is 1.19. The summed E-state index contributed by atoms with van der Waals surface area (Å²) in [6.45, 7) is 5.25. The zero-order valence-electron chi connectivity index (χ0n) is 11.5. The first-order chi connectivity index (χ1) is 9.11. The van der Waals surface area contributed by atoms with Crippen LogP contribution in [0.25, 0.3) is 0 Å². The smallest absolute Gasteiger partial charge is 0.223 e. The second-order valence-electron chi connectivity index (χ2n) is 4.96. The van der Waals surface area contributed by atoms with Gasteiger partial charge in [-0.25, -0.2) is 0 Å². The molecule has 1 aliphatic rings. The van der Waals surface area contributed by atoms with E-state index >= 15 is 0 Å². The van der Waals surface area contributed by atoms with Crippen molar-refractivity contribution in [1.29, 1.82) is 0 Å². The number of nitrogens with one attached hydrogen (secondary N) is 1. The maximum absolute atomic E-state index is 11.5. The molecule has 104 valence electrons. The van der Waals surface area contributed by atoms with E-state index in [1.165, 1.54) is 0 Å². The minimum atomic E-state index is 0.190. The highest BCUT2D eigenvalue weighted by molar-refractivity contribution is 6.32. The number of aryl methyl sites for hydroxylation is 1. The third kappa shape index (κ3) is 3.87. The Kier molecular flexibility index (Phi) is 4.70. The molecule has 0 saturated heterocycles. The van der Waals surface area contributed by atoms with E-state index in [1.807, 2.05) is 26.0 Å². The maximum atomic E-state index is 11.5. The molecule has 1 fully saturated rings. The van der Waals surface area contributed by atoms with Gasteiger partial charge in [-0.3, -0.25) is 4.79 Å². The fourth-order valence-corrected chi connectivity index (χ4v) is 2.28. The van der Waals surface area contributed by atoms with Crippen molar-refractivity contribution in [2.24, 2.45) is 5.92 Å². The Morgan fingerprint density at radius 1 is 1.47 bits per heavy atom. The van der Waals surface area contributed by atoms with Crippen LogP contribution < -0.4 is 10.1 Å². The van der Waals surface area contributed by atoms with Gasteiger partial charge in [0, 0.05) is 12.5 Å². The van der Waals surface area contributed by atoms with E-state index in [1.54, 1.807) is 0 Å². The van der Waals surface area contributed by atoms with E-state index in [0.29, 0.717) is 18.2 Å². The lowest BCUT2D eigenvalue weighted by atomic mass is 10.1. The summed E-state index contributed by atoms with van der Waals surface area (Å²) in [5.41, 5.74) is 2.30. The Labute approximate surface area is 119 Å². The van der Waals surface area contributed by atoms with Crippen LogP contribution in [0.4, 0.5) is 0 Å². The Balaban J connectivity index is 1.92. The highest BCUT2D eigenvalue weighted by Gasteiger charge is 2.29. The molecule has 3 nitrogen and oxygen atoms in total. The van der Waals surface area contributed by atoms with Gasteiger partial charge in [-0.05, 0) is 56.4 Å². The summed E-state index contributed by atoms with van der Waals surface area (Å²) in [5, 5.41) is 3.60. The third-order valence-corrected chi connectivity index (χ3v) is 3.63. The average Bonchev–Trinajstić information content (AvgIpc) is 3.19. The van der Waals surface area contributed by atoms with Crippen molar-refractivity contribution < 1.29 is 9.53 Å². The van der Waals surface area contributed by atoms with Crippen LogP contribution in [0.2, 0.25) is 5.02 Å². The molecule has 0 heterocycles. The van der Waals surface area contributed by atoms with E-state index in [-0.39, 0.29) is 11.8 Å². The van der Waals surface area contributed by atoms with Crippen molar-refractivity contribution in [3.05, 3.63) is 28.3 Å². The van der Waals surface area contributed by atoms with Crippen molar-refractivity contribution in [3.8, 4) is 5.75 Å². The number of carbonyl (C=O) groups is 1. The molecule has 1 aromatic carbocycles. The molecule has 2 rings (SSSR count). The minimum Gasteiger partial charge on any atom is -0.492 e. The number of hydrogen-bond acceptors (Lipinski definition) is 2. The molecule has 1 aliphatic carbocycles. The molecule has 4 heteroatoms. The summed E-state index contributed by atoms with van der Waals surface area (Å²) in [7, 11) is 0. The number of ether oxygens (including phenoxy) is 1. The van der Waals surface area contributed by atoms with Gasteiger partial charge >= 0.3 is 0 Å². The molecule has 0 aliphatic heterocycles. The van der Waals surface area contributed by atoms with Crippen LogP contribution >= 0.6 is 11.6 Å². The molecular formula is C15H20ClNO2. The lowest BCUT2D eigenvalue weighted by Crippen LogP contribution is -2.27. The number of hydrogen-bond donors (Lipinski definition) is 1. The van der Waals surface area contributed by atoms with Crippen LogP contribution in [-0.2, 0) is 11.2 Å². The molecule has 0 unspecified atom stereocenters. The zero-order valence-corrected chi connectivity index (χ0v) is 12.2. The first-order valence-electron chi connectivity index (χ1n) is 6.81. The zero-order chi connectivity index (χ0) is 13.8. The third-order valence-electron chi connectivity index (χ3n) is 3.33. The van der Waals surface area contributed by atoms with Gasteiger partial charge < -0.3 is 10.1 Å². The first-order valence-corrected chi connectivity index (χ1v) is 7.19. The SMILES string of the molecule is CCOc1cc(C)c(CCNC(=O)C2CC2)cc1Cl. The molecule has 1 saturated carbocycles. The monoisotopic (exact) mass is 281 g/mol. The number of rotatable bonds is 6. The van der Waals surface area contributed by atoms with Gasteiger partial charge in [0.2, 0.25) is 5.91 Å².